The van der Waals surface area contributed by atoms with Gasteiger partial charge >= 0.3 is 6.03 Å². The Balaban J connectivity index is 1.52. The molecule has 2 fully saturated rings. The van der Waals surface area contributed by atoms with E-state index < -0.39 is 18.2 Å². The molecule has 10 heteroatoms. The zero-order valence-electron chi connectivity index (χ0n) is 14.5. The van der Waals surface area contributed by atoms with Gasteiger partial charge in [-0.1, -0.05) is 11.8 Å². The molecule has 0 aliphatic carbocycles. The molecule has 3 amide bonds. The van der Waals surface area contributed by atoms with Gasteiger partial charge in [0, 0.05) is 44.8 Å². The van der Waals surface area contributed by atoms with Crippen molar-refractivity contribution in [1.82, 2.24) is 30.0 Å². The van der Waals surface area contributed by atoms with E-state index >= 15 is 0 Å². The van der Waals surface area contributed by atoms with Gasteiger partial charge in [0.05, 0.1) is 0 Å². The van der Waals surface area contributed by atoms with Gasteiger partial charge in [-0.05, 0) is 18.9 Å². The first-order chi connectivity index (χ1) is 12.6. The molecule has 1 aromatic heterocycles. The molecule has 4 heterocycles. The van der Waals surface area contributed by atoms with E-state index in [1.807, 2.05) is 4.90 Å². The molecule has 2 atom stereocenters. The van der Waals surface area contributed by atoms with E-state index in [0.717, 1.165) is 37.6 Å². The number of likely N-dealkylation sites (tertiary alicyclic amines) is 1. The van der Waals surface area contributed by atoms with Crippen molar-refractivity contribution in [3.8, 4) is 0 Å². The van der Waals surface area contributed by atoms with Crippen molar-refractivity contribution in [2.75, 3.05) is 32.4 Å². The van der Waals surface area contributed by atoms with Gasteiger partial charge in [-0.2, -0.15) is 0 Å². The number of likely N-dealkylation sites (N-methyl/N-ethyl adjacent to an activating group) is 1. The maximum atomic E-state index is 12.5. The number of nitrogens with one attached hydrogen (secondary N) is 1. The summed E-state index contributed by atoms with van der Waals surface area (Å²) in [5.74, 6) is 1.27. The Hall–Kier alpha value is -2.36. The van der Waals surface area contributed by atoms with E-state index in [1.54, 1.807) is 37.3 Å². The van der Waals surface area contributed by atoms with Gasteiger partial charge in [0.25, 0.3) is 5.91 Å². The van der Waals surface area contributed by atoms with Crippen LogP contribution in [0.25, 0.3) is 0 Å². The van der Waals surface area contributed by atoms with E-state index in [2.05, 4.69) is 20.2 Å². The summed E-state index contributed by atoms with van der Waals surface area (Å²) in [6.45, 7) is 2.50. The topological polar surface area (TPSA) is 94.0 Å². The number of thioether (sulfide) groups is 1. The molecule has 1 N–H and O–H groups in total. The van der Waals surface area contributed by atoms with Crippen molar-refractivity contribution in [1.29, 1.82) is 0 Å². The van der Waals surface area contributed by atoms with Crippen LogP contribution < -0.4 is 5.32 Å². The number of hydrogen-bond acceptors (Lipinski definition) is 8. The predicted molar refractivity (Wildman–Crippen MR) is 96.6 cm³/mol. The molecule has 0 radical (unpaired) electrons. The number of rotatable bonds is 4. The SMILES string of the molecule is CN1C(=O)NC(=O)C2C1N=C(N1CCCC1)N2CCSc1ncccn1. The number of hydrogen-bond donors (Lipinski definition) is 1. The largest absolute Gasteiger partial charge is 0.343 e. The Bertz CT molecular complexity index is 723. The number of aromatic nitrogens is 2. The third-order valence-electron chi connectivity index (χ3n) is 4.83. The Kier molecular flexibility index (Phi) is 4.66. The first kappa shape index (κ1) is 17.1. The number of guanidine groups is 1. The second-order valence-electron chi connectivity index (χ2n) is 6.46. The molecule has 1 aromatic rings. The van der Waals surface area contributed by atoms with Crippen molar-refractivity contribution in [3.05, 3.63) is 18.5 Å². The quantitative estimate of drug-likeness (QED) is 0.594. The average Bonchev–Trinajstić information content (AvgIpc) is 3.28. The fourth-order valence-electron chi connectivity index (χ4n) is 3.53. The highest BCUT2D eigenvalue weighted by Gasteiger charge is 2.49. The van der Waals surface area contributed by atoms with Gasteiger partial charge in [-0.25, -0.2) is 19.8 Å². The van der Waals surface area contributed by atoms with Gasteiger partial charge in [-0.3, -0.25) is 10.1 Å². The van der Waals surface area contributed by atoms with Crippen LogP contribution in [0.3, 0.4) is 0 Å². The molecule has 0 spiro atoms. The van der Waals surface area contributed by atoms with Crippen LogP contribution in [0.2, 0.25) is 0 Å². The number of carbonyl (C=O) groups excluding carboxylic acids is 2. The number of imide groups is 1. The van der Waals surface area contributed by atoms with Crippen LogP contribution in [0.4, 0.5) is 4.79 Å². The van der Waals surface area contributed by atoms with Crippen LogP contribution in [-0.2, 0) is 4.79 Å². The Labute approximate surface area is 155 Å². The molecule has 138 valence electrons. The van der Waals surface area contributed by atoms with Crippen LogP contribution in [0.5, 0.6) is 0 Å². The Morgan fingerprint density at radius 2 is 1.96 bits per heavy atom. The minimum absolute atomic E-state index is 0.281. The van der Waals surface area contributed by atoms with E-state index in [-0.39, 0.29) is 5.91 Å². The Morgan fingerprint density at radius 3 is 2.69 bits per heavy atom. The van der Waals surface area contributed by atoms with Crippen molar-refractivity contribution in [3.63, 3.8) is 0 Å². The van der Waals surface area contributed by atoms with Crippen molar-refractivity contribution < 1.29 is 9.59 Å². The van der Waals surface area contributed by atoms with E-state index in [0.29, 0.717) is 11.7 Å². The third-order valence-corrected chi connectivity index (χ3v) is 5.69. The molecule has 0 saturated carbocycles. The molecule has 2 saturated heterocycles. The van der Waals surface area contributed by atoms with E-state index in [9.17, 15) is 9.59 Å². The molecule has 2 unspecified atom stereocenters. The average molecular weight is 375 g/mol. The first-order valence-corrected chi connectivity index (χ1v) is 9.70. The number of fused-ring (bicyclic) bond motifs is 1. The molecule has 26 heavy (non-hydrogen) atoms. The number of aliphatic imine (C=N–C) groups is 1. The lowest BCUT2D eigenvalue weighted by atomic mass is 10.1. The van der Waals surface area contributed by atoms with Crippen LogP contribution in [0.15, 0.2) is 28.6 Å². The number of amides is 3. The highest BCUT2D eigenvalue weighted by Crippen LogP contribution is 2.27. The van der Waals surface area contributed by atoms with Crippen LogP contribution in [0.1, 0.15) is 12.8 Å². The van der Waals surface area contributed by atoms with Crippen molar-refractivity contribution in [2.45, 2.75) is 30.2 Å². The normalized spacial score (nSPS) is 25.4. The molecular formula is C16H21N7O2S. The molecule has 0 aromatic carbocycles. The Morgan fingerprint density at radius 1 is 1.23 bits per heavy atom. The number of carbonyl (C=O) groups is 2. The van der Waals surface area contributed by atoms with Gasteiger partial charge < -0.3 is 14.7 Å². The molecule has 0 bridgehead atoms. The number of urea groups is 1. The lowest BCUT2D eigenvalue weighted by Crippen LogP contribution is -2.64. The zero-order valence-corrected chi connectivity index (χ0v) is 15.4. The van der Waals surface area contributed by atoms with Crippen LogP contribution in [-0.4, -0.2) is 87.2 Å². The van der Waals surface area contributed by atoms with E-state index in [4.69, 9.17) is 4.99 Å². The summed E-state index contributed by atoms with van der Waals surface area (Å²) >= 11 is 1.54. The van der Waals surface area contributed by atoms with Gasteiger partial charge in [0.2, 0.25) is 0 Å². The van der Waals surface area contributed by atoms with Crippen LogP contribution in [0, 0.1) is 0 Å². The minimum atomic E-state index is -0.481. The van der Waals surface area contributed by atoms with Gasteiger partial charge in [-0.15, -0.1) is 0 Å². The lowest BCUT2D eigenvalue weighted by Gasteiger charge is -2.37. The molecule has 3 aliphatic rings. The predicted octanol–water partition coefficient (Wildman–Crippen LogP) is 0.212. The monoisotopic (exact) mass is 375 g/mol. The summed E-state index contributed by atoms with van der Waals surface area (Å²) in [4.78, 5) is 43.4. The number of nitrogens with zero attached hydrogens (tertiary/aromatic N) is 6. The van der Waals surface area contributed by atoms with Crippen molar-refractivity contribution in [2.24, 2.45) is 4.99 Å². The summed E-state index contributed by atoms with van der Waals surface area (Å²) in [5, 5.41) is 3.14. The highest BCUT2D eigenvalue weighted by atomic mass is 32.2. The molecule has 9 nitrogen and oxygen atoms in total. The summed E-state index contributed by atoms with van der Waals surface area (Å²) in [6, 6.07) is 0.909. The third kappa shape index (κ3) is 3.09. The second kappa shape index (κ2) is 7.10. The smallest absolute Gasteiger partial charge is 0.325 e. The second-order valence-corrected chi connectivity index (χ2v) is 7.52. The van der Waals surface area contributed by atoms with Crippen LogP contribution >= 0.6 is 11.8 Å². The first-order valence-electron chi connectivity index (χ1n) is 8.72. The molecular weight excluding hydrogens is 354 g/mol. The summed E-state index contributed by atoms with van der Waals surface area (Å²) in [7, 11) is 1.68. The van der Waals surface area contributed by atoms with E-state index in [1.165, 1.54) is 4.90 Å². The zero-order chi connectivity index (χ0) is 18.1. The maximum Gasteiger partial charge on any atom is 0.325 e. The minimum Gasteiger partial charge on any atom is -0.343 e. The fraction of sp³-hybridized carbons (Fsp3) is 0.562. The molecule has 3 aliphatic heterocycles. The summed E-state index contributed by atoms with van der Waals surface area (Å²) in [5.41, 5.74) is 0. The van der Waals surface area contributed by atoms with Gasteiger partial charge in [0.1, 0.15) is 0 Å². The maximum absolute atomic E-state index is 12.5. The highest BCUT2D eigenvalue weighted by molar-refractivity contribution is 7.99. The molecule has 4 rings (SSSR count). The van der Waals surface area contributed by atoms with Crippen molar-refractivity contribution >= 4 is 29.7 Å². The van der Waals surface area contributed by atoms with Gasteiger partial charge in [0.15, 0.2) is 23.3 Å². The lowest BCUT2D eigenvalue weighted by molar-refractivity contribution is -0.127. The standard InChI is InChI=1S/C16H21N7O2S/c1-21-12-11(13(24)20-16(21)25)23(15(19-12)22-7-2-3-8-22)9-10-26-14-17-5-4-6-18-14/h4-6,11-12H,2-3,7-10H2,1H3,(H,20,24,25). The summed E-state index contributed by atoms with van der Waals surface area (Å²) < 4.78 is 0. The fourth-order valence-corrected chi connectivity index (χ4v) is 4.27. The summed E-state index contributed by atoms with van der Waals surface area (Å²) in [6.07, 6.45) is 5.21.